The molecule has 0 spiro atoms. The van der Waals surface area contributed by atoms with E-state index in [4.69, 9.17) is 18.9 Å². The fourth-order valence-electron chi connectivity index (χ4n) is 6.99. The fourth-order valence-corrected chi connectivity index (χ4v) is 6.99. The first-order chi connectivity index (χ1) is 28.9. The van der Waals surface area contributed by atoms with Crippen molar-refractivity contribution in [3.63, 3.8) is 0 Å². The molecule has 0 radical (unpaired) electrons. The molecule has 9 nitrogen and oxygen atoms in total. The Balaban J connectivity index is 2.23. The second kappa shape index (κ2) is 41.3. The lowest BCUT2D eigenvalue weighted by Gasteiger charge is -2.39. The number of unbranched alkanes of at least 4 members (excludes halogenated alkanes) is 19. The summed E-state index contributed by atoms with van der Waals surface area (Å²) in [6.45, 7) is 4.44. The highest BCUT2D eigenvalue weighted by Crippen LogP contribution is 2.22. The molecule has 0 amide bonds. The summed E-state index contributed by atoms with van der Waals surface area (Å²) < 4.78 is 22.8. The number of hydrogen-bond acceptors (Lipinski definition) is 9. The number of carbonyl (C=O) groups excluding carboxylic acids is 1. The molecule has 0 saturated carbocycles. The average molecular weight is 833 g/mol. The molecule has 6 atom stereocenters. The van der Waals surface area contributed by atoms with E-state index in [1.54, 1.807) is 0 Å². The molecule has 1 rings (SSSR count). The quantitative estimate of drug-likeness (QED) is 0.0270. The van der Waals surface area contributed by atoms with E-state index >= 15 is 0 Å². The molecular weight excluding hydrogens is 745 g/mol. The van der Waals surface area contributed by atoms with E-state index in [-0.39, 0.29) is 19.2 Å². The van der Waals surface area contributed by atoms with Crippen molar-refractivity contribution < 1.29 is 44.2 Å². The van der Waals surface area contributed by atoms with Crippen LogP contribution in [0, 0.1) is 0 Å². The summed E-state index contributed by atoms with van der Waals surface area (Å²) in [6.07, 6.45) is 45.3. The number of aliphatic hydroxyl groups is 4. The first-order valence-electron chi connectivity index (χ1n) is 23.9. The van der Waals surface area contributed by atoms with Crippen LogP contribution in [0.4, 0.5) is 0 Å². The van der Waals surface area contributed by atoms with Gasteiger partial charge in [-0.2, -0.15) is 0 Å². The van der Waals surface area contributed by atoms with Crippen LogP contribution >= 0.6 is 0 Å². The Kier molecular flexibility index (Phi) is 38.4. The molecular formula is C50H88O9. The maximum atomic E-state index is 12.8. The van der Waals surface area contributed by atoms with Crippen LogP contribution in [0.2, 0.25) is 0 Å². The van der Waals surface area contributed by atoms with E-state index in [0.29, 0.717) is 13.0 Å². The minimum Gasteiger partial charge on any atom is -0.457 e. The largest absolute Gasteiger partial charge is 0.457 e. The summed E-state index contributed by atoms with van der Waals surface area (Å²) in [4.78, 5) is 12.8. The summed E-state index contributed by atoms with van der Waals surface area (Å²) in [6, 6.07) is 0. The Bertz CT molecular complexity index is 1080. The first kappa shape index (κ1) is 54.9. The van der Waals surface area contributed by atoms with Crippen molar-refractivity contribution in [2.45, 2.75) is 224 Å². The number of hydrogen-bond donors (Lipinski definition) is 4. The first-order valence-corrected chi connectivity index (χ1v) is 23.9. The van der Waals surface area contributed by atoms with Crippen LogP contribution in [0.15, 0.2) is 60.8 Å². The topological polar surface area (TPSA) is 135 Å². The van der Waals surface area contributed by atoms with E-state index in [1.165, 1.54) is 89.9 Å². The maximum Gasteiger partial charge on any atom is 0.306 e. The maximum absolute atomic E-state index is 12.8. The van der Waals surface area contributed by atoms with Gasteiger partial charge in [-0.05, 0) is 57.8 Å². The zero-order chi connectivity index (χ0) is 42.9. The van der Waals surface area contributed by atoms with E-state index in [0.717, 1.165) is 77.0 Å². The van der Waals surface area contributed by atoms with Gasteiger partial charge in [-0.3, -0.25) is 4.79 Å². The molecule has 4 N–H and O–H groups in total. The van der Waals surface area contributed by atoms with E-state index in [9.17, 15) is 25.2 Å². The average Bonchev–Trinajstić information content (AvgIpc) is 3.24. The van der Waals surface area contributed by atoms with E-state index in [2.05, 4.69) is 74.6 Å². The van der Waals surface area contributed by atoms with Gasteiger partial charge < -0.3 is 39.4 Å². The SMILES string of the molecule is CC/C=C\C/C=C\C/C=C\C/C=C\C/C=C\CCCCCCCCCC(=O)OC(COCCCCCCCCCCCCCCC)COC1OC(CO)C(O)C(O)C1O. The monoisotopic (exact) mass is 833 g/mol. The van der Waals surface area contributed by atoms with Gasteiger partial charge >= 0.3 is 5.97 Å². The Hall–Kier alpha value is -2.11. The zero-order valence-corrected chi connectivity index (χ0v) is 37.5. The third kappa shape index (κ3) is 32.3. The highest BCUT2D eigenvalue weighted by molar-refractivity contribution is 5.69. The molecule has 0 aromatic carbocycles. The number of rotatable bonds is 40. The zero-order valence-electron chi connectivity index (χ0n) is 37.5. The number of aliphatic hydroxyl groups excluding tert-OH is 4. The minimum atomic E-state index is -1.54. The van der Waals surface area contributed by atoms with Crippen molar-refractivity contribution in [1.29, 1.82) is 0 Å². The van der Waals surface area contributed by atoms with Gasteiger partial charge in [-0.1, -0.05) is 184 Å². The Labute approximate surface area is 360 Å². The highest BCUT2D eigenvalue weighted by atomic mass is 16.7. The smallest absolute Gasteiger partial charge is 0.306 e. The van der Waals surface area contributed by atoms with Crippen LogP contribution in [0.25, 0.3) is 0 Å². The summed E-state index contributed by atoms with van der Waals surface area (Å²) in [5.74, 6) is -0.325. The molecule has 0 aliphatic carbocycles. The molecule has 1 aliphatic rings. The molecule has 1 fully saturated rings. The molecule has 0 bridgehead atoms. The van der Waals surface area contributed by atoms with Gasteiger partial charge in [0.15, 0.2) is 6.29 Å². The van der Waals surface area contributed by atoms with Crippen LogP contribution in [0.1, 0.15) is 187 Å². The van der Waals surface area contributed by atoms with E-state index < -0.39 is 43.4 Å². The van der Waals surface area contributed by atoms with Crippen LogP contribution in [0.5, 0.6) is 0 Å². The number of carbonyl (C=O) groups is 1. The lowest BCUT2D eigenvalue weighted by atomic mass is 9.99. The molecule has 1 aliphatic heterocycles. The number of ether oxygens (including phenoxy) is 4. The summed E-state index contributed by atoms with van der Waals surface area (Å²) >= 11 is 0. The summed E-state index contributed by atoms with van der Waals surface area (Å²) in [5, 5.41) is 40.1. The van der Waals surface area contributed by atoms with Crippen molar-refractivity contribution in [1.82, 2.24) is 0 Å². The van der Waals surface area contributed by atoms with Crippen molar-refractivity contribution in [3.8, 4) is 0 Å². The normalized spacial score (nSPS) is 20.7. The van der Waals surface area contributed by atoms with Gasteiger partial charge in [0.25, 0.3) is 0 Å². The van der Waals surface area contributed by atoms with Gasteiger partial charge in [-0.25, -0.2) is 0 Å². The van der Waals surface area contributed by atoms with Crippen molar-refractivity contribution in [2.24, 2.45) is 0 Å². The lowest BCUT2D eigenvalue weighted by Crippen LogP contribution is -2.59. The van der Waals surface area contributed by atoms with Crippen LogP contribution in [0.3, 0.4) is 0 Å². The Morgan fingerprint density at radius 3 is 1.56 bits per heavy atom. The predicted octanol–water partition coefficient (Wildman–Crippen LogP) is 11.1. The van der Waals surface area contributed by atoms with Gasteiger partial charge in [-0.15, -0.1) is 0 Å². The van der Waals surface area contributed by atoms with Gasteiger partial charge in [0.05, 0.1) is 19.8 Å². The summed E-state index contributed by atoms with van der Waals surface area (Å²) in [5.41, 5.74) is 0. The van der Waals surface area contributed by atoms with Gasteiger partial charge in [0.2, 0.25) is 0 Å². The van der Waals surface area contributed by atoms with E-state index in [1.807, 2.05) is 0 Å². The van der Waals surface area contributed by atoms with Gasteiger partial charge in [0.1, 0.15) is 30.5 Å². The summed E-state index contributed by atoms with van der Waals surface area (Å²) in [7, 11) is 0. The van der Waals surface area contributed by atoms with Crippen LogP contribution in [-0.2, 0) is 23.7 Å². The molecule has 6 unspecified atom stereocenters. The molecule has 342 valence electrons. The number of allylic oxidation sites excluding steroid dienone is 10. The van der Waals surface area contributed by atoms with Crippen molar-refractivity contribution in [3.05, 3.63) is 60.8 Å². The standard InChI is InChI=1S/C50H88O9/c1-3-5-7-9-11-13-15-17-18-19-20-21-22-23-24-25-26-27-29-31-33-35-37-39-46(52)58-44(43-57-50-49(55)48(54)47(53)45(41-51)59-50)42-56-40-38-36-34-32-30-28-16-14-12-10-8-6-4-2/h5,7,11,13,17-18,20-21,23-24,44-45,47-51,53-55H,3-4,6,8-10,12,14-16,19,22,25-43H2,1-2H3/b7-5-,13-11-,18-17-,21-20-,24-23-. The minimum absolute atomic E-state index is 0.118. The molecule has 1 saturated heterocycles. The fraction of sp³-hybridized carbons (Fsp3) is 0.780. The number of esters is 1. The second-order valence-corrected chi connectivity index (χ2v) is 16.2. The Morgan fingerprint density at radius 2 is 1.03 bits per heavy atom. The third-order valence-corrected chi connectivity index (χ3v) is 10.7. The second-order valence-electron chi connectivity index (χ2n) is 16.2. The van der Waals surface area contributed by atoms with Crippen molar-refractivity contribution >= 4 is 5.97 Å². The lowest BCUT2D eigenvalue weighted by molar-refractivity contribution is -0.305. The predicted molar refractivity (Wildman–Crippen MR) is 242 cm³/mol. The molecule has 59 heavy (non-hydrogen) atoms. The molecule has 1 heterocycles. The molecule has 0 aromatic rings. The Morgan fingerprint density at radius 1 is 0.559 bits per heavy atom. The van der Waals surface area contributed by atoms with Crippen LogP contribution in [-0.4, -0.2) is 89.6 Å². The third-order valence-electron chi connectivity index (χ3n) is 10.7. The molecule has 9 heteroatoms. The highest BCUT2D eigenvalue weighted by Gasteiger charge is 2.44. The van der Waals surface area contributed by atoms with Crippen molar-refractivity contribution in [2.75, 3.05) is 26.4 Å². The molecule has 0 aromatic heterocycles. The van der Waals surface area contributed by atoms with Gasteiger partial charge in [0, 0.05) is 13.0 Å². The van der Waals surface area contributed by atoms with Crippen LogP contribution < -0.4 is 0 Å².